The van der Waals surface area contributed by atoms with Crippen molar-refractivity contribution in [2.24, 2.45) is 5.73 Å². The van der Waals surface area contributed by atoms with Crippen molar-refractivity contribution >= 4 is 37.2 Å². The summed E-state index contributed by atoms with van der Waals surface area (Å²) in [5.74, 6) is 0.424. The van der Waals surface area contributed by atoms with Crippen molar-refractivity contribution in [1.29, 1.82) is 0 Å². The van der Waals surface area contributed by atoms with Crippen LogP contribution in [0.15, 0.2) is 6.33 Å². The van der Waals surface area contributed by atoms with Crippen LogP contribution in [0.2, 0.25) is 0 Å². The van der Waals surface area contributed by atoms with Crippen LogP contribution in [0.4, 0.5) is 5.95 Å². The molecular weight excluding hydrogens is 451 g/mol. The molecule has 3 rings (SSSR count). The number of aromatic nitrogens is 4. The number of rotatable bonds is 11. The van der Waals surface area contributed by atoms with E-state index in [1.807, 2.05) is 0 Å². The third-order valence-corrected chi connectivity index (χ3v) is 5.66. The SMILES string of the molecule is NCCCCCCNc1nc(=S)c2ncn([C@@H]3O[C@H](COP(=O)(O)O)[C@@H](O)[C@H]3O)c2[nH]1. The lowest BCUT2D eigenvalue weighted by Crippen LogP contribution is -2.33. The van der Waals surface area contributed by atoms with Gasteiger partial charge in [0.05, 0.1) is 12.9 Å². The molecule has 0 spiro atoms. The fourth-order valence-electron chi connectivity index (χ4n) is 3.31. The number of aliphatic hydroxyl groups excluding tert-OH is 2. The van der Waals surface area contributed by atoms with E-state index >= 15 is 0 Å². The first-order valence-corrected chi connectivity index (χ1v) is 11.8. The molecule has 31 heavy (non-hydrogen) atoms. The van der Waals surface area contributed by atoms with Gasteiger partial charge in [-0.25, -0.2) is 14.5 Å². The first kappa shape index (κ1) is 24.2. The van der Waals surface area contributed by atoms with Gasteiger partial charge in [0.1, 0.15) is 29.5 Å². The molecule has 4 atom stereocenters. The summed E-state index contributed by atoms with van der Waals surface area (Å²) in [6, 6.07) is 0. The summed E-state index contributed by atoms with van der Waals surface area (Å²) in [6.45, 7) is 0.754. The van der Waals surface area contributed by atoms with Crippen LogP contribution in [-0.2, 0) is 13.8 Å². The predicted octanol–water partition coefficient (Wildman–Crippen LogP) is 0.148. The van der Waals surface area contributed by atoms with Gasteiger partial charge in [-0.2, -0.15) is 0 Å². The van der Waals surface area contributed by atoms with E-state index < -0.39 is 39.0 Å². The van der Waals surface area contributed by atoms with Crippen LogP contribution in [0.3, 0.4) is 0 Å². The number of phosphoric acid groups is 1. The summed E-state index contributed by atoms with van der Waals surface area (Å²) in [6.07, 6.45) is 0.328. The number of unbranched alkanes of at least 4 members (excludes halogenated alkanes) is 3. The Morgan fingerprint density at radius 3 is 2.74 bits per heavy atom. The molecule has 1 aliphatic rings. The van der Waals surface area contributed by atoms with Gasteiger partial charge in [-0.05, 0) is 19.4 Å². The summed E-state index contributed by atoms with van der Waals surface area (Å²) >= 11 is 5.30. The molecule has 174 valence electrons. The Bertz CT molecular complexity index is 981. The number of nitrogens with two attached hydrogens (primary N) is 1. The number of aliphatic hydroxyl groups is 2. The molecule has 0 unspecified atom stereocenters. The second-order valence-corrected chi connectivity index (χ2v) is 8.83. The molecule has 8 N–H and O–H groups in total. The van der Waals surface area contributed by atoms with Gasteiger partial charge in [-0.3, -0.25) is 9.09 Å². The maximum Gasteiger partial charge on any atom is 0.469 e. The van der Waals surface area contributed by atoms with Crippen molar-refractivity contribution < 1.29 is 33.8 Å². The van der Waals surface area contributed by atoms with Crippen LogP contribution < -0.4 is 11.1 Å². The Morgan fingerprint density at radius 1 is 1.29 bits per heavy atom. The van der Waals surface area contributed by atoms with E-state index in [1.54, 1.807) is 0 Å². The first-order valence-electron chi connectivity index (χ1n) is 9.83. The number of nitrogens with one attached hydrogen (secondary N) is 2. The summed E-state index contributed by atoms with van der Waals surface area (Å²) < 4.78 is 22.6. The van der Waals surface area contributed by atoms with Gasteiger partial charge in [0.2, 0.25) is 5.95 Å². The second kappa shape index (κ2) is 10.4. The van der Waals surface area contributed by atoms with Crippen molar-refractivity contribution in [3.8, 4) is 0 Å². The van der Waals surface area contributed by atoms with E-state index in [2.05, 4.69) is 24.8 Å². The normalized spacial score (nSPS) is 24.2. The van der Waals surface area contributed by atoms with Crippen LogP contribution in [0, 0.1) is 4.64 Å². The maximum absolute atomic E-state index is 10.9. The number of H-pyrrole nitrogens is 1. The number of ether oxygens (including phenoxy) is 1. The Hall–Kier alpha value is -1.48. The Balaban J connectivity index is 1.74. The first-order chi connectivity index (χ1) is 14.7. The van der Waals surface area contributed by atoms with Gasteiger partial charge in [0, 0.05) is 6.54 Å². The molecule has 13 nitrogen and oxygen atoms in total. The van der Waals surface area contributed by atoms with Crippen molar-refractivity contribution in [3.63, 3.8) is 0 Å². The average molecular weight is 478 g/mol. The standard InChI is InChI=1S/C16H27N6O7PS/c17-5-3-1-2-4-6-18-16-20-13-10(14(31)21-16)19-8-22(13)15-12(24)11(23)9(29-15)7-28-30(25,26)27/h8-9,11-12,15,23-24H,1-7,17H2,(H2,25,26,27)(H2,18,20,21,31)/t9-,11-,12-,15-/m1/s1. The number of fused-ring (bicyclic) bond motifs is 1. The zero-order valence-corrected chi connectivity index (χ0v) is 18.3. The molecule has 3 heterocycles. The minimum absolute atomic E-state index is 0.243. The van der Waals surface area contributed by atoms with Gasteiger partial charge in [-0.1, -0.05) is 25.1 Å². The molecule has 0 aliphatic carbocycles. The van der Waals surface area contributed by atoms with Crippen molar-refractivity contribution in [3.05, 3.63) is 11.0 Å². The molecule has 0 bridgehead atoms. The van der Waals surface area contributed by atoms with Crippen LogP contribution in [-0.4, -0.2) is 77.5 Å². The molecule has 0 radical (unpaired) electrons. The summed E-state index contributed by atoms with van der Waals surface area (Å²) in [7, 11) is -4.75. The predicted molar refractivity (Wildman–Crippen MR) is 113 cm³/mol. The van der Waals surface area contributed by atoms with Crippen molar-refractivity contribution in [1.82, 2.24) is 19.5 Å². The van der Waals surface area contributed by atoms with E-state index in [0.717, 1.165) is 25.7 Å². The lowest BCUT2D eigenvalue weighted by atomic mass is 10.1. The Labute approximate surface area is 182 Å². The highest BCUT2D eigenvalue weighted by atomic mass is 32.1. The van der Waals surface area contributed by atoms with Gasteiger partial charge in [0.25, 0.3) is 0 Å². The second-order valence-electron chi connectivity index (χ2n) is 7.20. The Morgan fingerprint density at radius 2 is 2.03 bits per heavy atom. The zero-order valence-electron chi connectivity index (χ0n) is 16.6. The molecule has 1 saturated heterocycles. The zero-order chi connectivity index (χ0) is 22.6. The lowest BCUT2D eigenvalue weighted by Gasteiger charge is -2.17. The minimum atomic E-state index is -4.75. The largest absolute Gasteiger partial charge is 0.469 e. The number of phosphoric ester groups is 1. The molecule has 15 heteroatoms. The Kier molecular flexibility index (Phi) is 8.13. The highest BCUT2D eigenvalue weighted by Crippen LogP contribution is 2.38. The van der Waals surface area contributed by atoms with Crippen LogP contribution in [0.5, 0.6) is 0 Å². The smallest absolute Gasteiger partial charge is 0.387 e. The van der Waals surface area contributed by atoms with Gasteiger partial charge in [-0.15, -0.1) is 0 Å². The number of aromatic amines is 1. The molecule has 2 aromatic rings. The van der Waals surface area contributed by atoms with Crippen molar-refractivity contribution in [2.45, 2.75) is 50.2 Å². The number of hydrogen-bond donors (Lipinski definition) is 7. The highest BCUT2D eigenvalue weighted by Gasteiger charge is 2.45. The third-order valence-electron chi connectivity index (χ3n) is 4.89. The van der Waals surface area contributed by atoms with E-state index in [0.29, 0.717) is 30.2 Å². The molecule has 1 aliphatic heterocycles. The summed E-state index contributed by atoms with van der Waals surface area (Å²) in [4.78, 5) is 29.2. The van der Waals surface area contributed by atoms with Gasteiger partial charge >= 0.3 is 7.82 Å². The molecule has 0 amide bonds. The van der Waals surface area contributed by atoms with E-state index in [-0.39, 0.29) is 4.64 Å². The topological polar surface area (TPSA) is 201 Å². The molecule has 1 fully saturated rings. The van der Waals surface area contributed by atoms with E-state index in [1.165, 1.54) is 10.9 Å². The number of anilines is 1. The highest BCUT2D eigenvalue weighted by molar-refractivity contribution is 7.71. The summed E-state index contributed by atoms with van der Waals surface area (Å²) in [5, 5.41) is 23.8. The molecule has 0 saturated carbocycles. The van der Waals surface area contributed by atoms with Crippen molar-refractivity contribution in [2.75, 3.05) is 25.0 Å². The monoisotopic (exact) mass is 478 g/mol. The van der Waals surface area contributed by atoms with Gasteiger partial charge < -0.3 is 40.8 Å². The van der Waals surface area contributed by atoms with Gasteiger partial charge in [0.15, 0.2) is 10.9 Å². The minimum Gasteiger partial charge on any atom is -0.387 e. The summed E-state index contributed by atoms with van der Waals surface area (Å²) in [5.41, 5.74) is 6.28. The van der Waals surface area contributed by atoms with Crippen LogP contribution >= 0.6 is 20.0 Å². The lowest BCUT2D eigenvalue weighted by molar-refractivity contribution is -0.0503. The third kappa shape index (κ3) is 6.06. The van der Waals surface area contributed by atoms with Crippen LogP contribution in [0.25, 0.3) is 11.2 Å². The quantitative estimate of drug-likeness (QED) is 0.131. The number of imidazole rings is 1. The molecular formula is C16H27N6O7PS. The average Bonchev–Trinajstić information content (AvgIpc) is 3.24. The fourth-order valence-corrected chi connectivity index (χ4v) is 3.89. The van der Waals surface area contributed by atoms with E-state index in [9.17, 15) is 14.8 Å². The van der Waals surface area contributed by atoms with Crippen LogP contribution in [0.1, 0.15) is 31.9 Å². The number of hydrogen-bond acceptors (Lipinski definition) is 10. The van der Waals surface area contributed by atoms with E-state index in [4.69, 9.17) is 32.5 Å². The molecule has 0 aromatic carbocycles. The molecule has 2 aromatic heterocycles. The maximum atomic E-state index is 10.9. The number of nitrogens with zero attached hydrogens (tertiary/aromatic N) is 3. The fraction of sp³-hybridized carbons (Fsp3) is 0.688.